The minimum atomic E-state index is -0.628. The van der Waals surface area contributed by atoms with Crippen molar-refractivity contribution in [2.75, 3.05) is 11.2 Å². The number of carbonyl (C=O) groups is 2. The molecule has 2 rings (SSSR count). The highest BCUT2D eigenvalue weighted by atomic mass is 35.5. The van der Waals surface area contributed by atoms with Crippen molar-refractivity contribution in [3.63, 3.8) is 0 Å². The van der Waals surface area contributed by atoms with Crippen LogP contribution < -0.4 is 11.1 Å². The third-order valence-electron chi connectivity index (χ3n) is 2.20. The molecule has 0 aliphatic rings. The summed E-state index contributed by atoms with van der Waals surface area (Å²) in [6.07, 6.45) is 0. The Morgan fingerprint density at radius 1 is 1.47 bits per heavy atom. The Morgan fingerprint density at radius 2 is 2.24 bits per heavy atom. The zero-order valence-corrected chi connectivity index (χ0v) is 9.41. The summed E-state index contributed by atoms with van der Waals surface area (Å²) in [5.41, 5.74) is 6.52. The van der Waals surface area contributed by atoms with Crippen molar-refractivity contribution in [1.82, 2.24) is 10.2 Å². The summed E-state index contributed by atoms with van der Waals surface area (Å²) in [6, 6.07) is 4.98. The van der Waals surface area contributed by atoms with Crippen LogP contribution in [-0.4, -0.2) is 27.9 Å². The largest absolute Gasteiger partial charge is 0.364 e. The Labute approximate surface area is 101 Å². The first-order valence-electron chi connectivity index (χ1n) is 4.75. The molecular weight excluding hydrogens is 244 g/mol. The number of amides is 2. The summed E-state index contributed by atoms with van der Waals surface area (Å²) in [7, 11) is 0. The molecular formula is C10H9ClN4O2. The van der Waals surface area contributed by atoms with Crippen LogP contribution in [0.5, 0.6) is 0 Å². The van der Waals surface area contributed by atoms with Gasteiger partial charge in [-0.25, -0.2) is 0 Å². The van der Waals surface area contributed by atoms with Gasteiger partial charge < -0.3 is 11.1 Å². The molecule has 2 amide bonds. The zero-order valence-electron chi connectivity index (χ0n) is 8.66. The van der Waals surface area contributed by atoms with E-state index >= 15 is 0 Å². The second-order valence-electron chi connectivity index (χ2n) is 3.38. The van der Waals surface area contributed by atoms with E-state index in [1.807, 2.05) is 0 Å². The number of alkyl halides is 1. The van der Waals surface area contributed by atoms with Crippen LogP contribution in [0.25, 0.3) is 10.9 Å². The van der Waals surface area contributed by atoms with Crippen LogP contribution in [0.2, 0.25) is 0 Å². The van der Waals surface area contributed by atoms with Crippen LogP contribution in [0.15, 0.2) is 18.2 Å². The molecule has 88 valence electrons. The van der Waals surface area contributed by atoms with Gasteiger partial charge in [0.25, 0.3) is 5.91 Å². The highest BCUT2D eigenvalue weighted by Crippen LogP contribution is 2.20. The molecule has 1 heterocycles. The van der Waals surface area contributed by atoms with E-state index < -0.39 is 5.91 Å². The lowest BCUT2D eigenvalue weighted by molar-refractivity contribution is -0.113. The second-order valence-corrected chi connectivity index (χ2v) is 3.65. The lowest BCUT2D eigenvalue weighted by Crippen LogP contribution is -2.13. The van der Waals surface area contributed by atoms with E-state index in [1.54, 1.807) is 18.2 Å². The molecule has 6 nitrogen and oxygen atoms in total. The third kappa shape index (κ3) is 2.21. The molecule has 0 unspecified atom stereocenters. The van der Waals surface area contributed by atoms with Gasteiger partial charge in [0, 0.05) is 11.1 Å². The molecule has 0 bridgehead atoms. The number of aromatic nitrogens is 2. The number of primary amides is 1. The maximum Gasteiger partial charge on any atom is 0.269 e. The Bertz CT molecular complexity index is 593. The van der Waals surface area contributed by atoms with Crippen LogP contribution >= 0.6 is 11.6 Å². The summed E-state index contributed by atoms with van der Waals surface area (Å²) < 4.78 is 0. The number of hydrogen-bond acceptors (Lipinski definition) is 3. The topological polar surface area (TPSA) is 101 Å². The summed E-state index contributed by atoms with van der Waals surface area (Å²) in [6.45, 7) is 0. The molecule has 0 aliphatic heterocycles. The predicted molar refractivity (Wildman–Crippen MR) is 64.0 cm³/mol. The number of hydrogen-bond donors (Lipinski definition) is 3. The minimum absolute atomic E-state index is 0.133. The molecule has 1 aromatic heterocycles. The molecule has 1 aromatic carbocycles. The van der Waals surface area contributed by atoms with E-state index in [2.05, 4.69) is 15.5 Å². The zero-order chi connectivity index (χ0) is 12.4. The quantitative estimate of drug-likeness (QED) is 0.706. The van der Waals surface area contributed by atoms with E-state index in [-0.39, 0.29) is 17.5 Å². The van der Waals surface area contributed by atoms with Crippen LogP contribution in [0.1, 0.15) is 10.5 Å². The Morgan fingerprint density at radius 3 is 2.88 bits per heavy atom. The number of anilines is 1. The number of halogens is 1. The normalized spacial score (nSPS) is 10.4. The SMILES string of the molecule is NC(=O)c1n[nH]c2ccc(NC(=O)CCl)cc12. The maximum atomic E-state index is 11.1. The fraction of sp³-hybridized carbons (Fsp3) is 0.100. The average molecular weight is 253 g/mol. The molecule has 0 saturated heterocycles. The average Bonchev–Trinajstić information content (AvgIpc) is 2.71. The lowest BCUT2D eigenvalue weighted by atomic mass is 10.2. The van der Waals surface area contributed by atoms with Gasteiger partial charge in [-0.3, -0.25) is 14.7 Å². The minimum Gasteiger partial charge on any atom is -0.364 e. The number of benzene rings is 1. The number of nitrogens with one attached hydrogen (secondary N) is 2. The van der Waals surface area contributed by atoms with E-state index in [9.17, 15) is 9.59 Å². The smallest absolute Gasteiger partial charge is 0.269 e. The van der Waals surface area contributed by atoms with Crippen molar-refractivity contribution in [2.24, 2.45) is 5.73 Å². The first-order valence-corrected chi connectivity index (χ1v) is 5.29. The number of carbonyl (C=O) groups excluding carboxylic acids is 2. The van der Waals surface area contributed by atoms with Gasteiger partial charge in [-0.05, 0) is 18.2 Å². The van der Waals surface area contributed by atoms with Crippen molar-refractivity contribution in [2.45, 2.75) is 0 Å². The Balaban J connectivity index is 2.44. The molecule has 0 radical (unpaired) electrons. The first kappa shape index (κ1) is 11.4. The number of rotatable bonds is 3. The van der Waals surface area contributed by atoms with Crippen molar-refractivity contribution in [3.8, 4) is 0 Å². The summed E-state index contributed by atoms with van der Waals surface area (Å²) in [5.74, 6) is -1.08. The van der Waals surface area contributed by atoms with Crippen molar-refractivity contribution < 1.29 is 9.59 Å². The fourth-order valence-corrected chi connectivity index (χ4v) is 1.54. The van der Waals surface area contributed by atoms with Gasteiger partial charge >= 0.3 is 0 Å². The Kier molecular flexibility index (Phi) is 2.97. The number of nitrogens with two attached hydrogens (primary N) is 1. The number of aromatic amines is 1. The molecule has 0 saturated carbocycles. The highest BCUT2D eigenvalue weighted by molar-refractivity contribution is 6.29. The van der Waals surface area contributed by atoms with Gasteiger partial charge in [0.1, 0.15) is 5.88 Å². The standard InChI is InChI=1S/C10H9ClN4O2/c11-4-8(16)13-5-1-2-7-6(3-5)9(10(12)17)15-14-7/h1-3H,4H2,(H2,12,17)(H,13,16)(H,14,15). The Hall–Kier alpha value is -2.08. The first-order chi connectivity index (χ1) is 8.11. The highest BCUT2D eigenvalue weighted by Gasteiger charge is 2.11. The van der Waals surface area contributed by atoms with Gasteiger partial charge in [-0.15, -0.1) is 11.6 Å². The number of fused-ring (bicyclic) bond motifs is 1. The molecule has 2 aromatic rings. The predicted octanol–water partition coefficient (Wildman–Crippen LogP) is 0.839. The molecule has 7 heteroatoms. The van der Waals surface area contributed by atoms with Gasteiger partial charge in [-0.1, -0.05) is 0 Å². The van der Waals surface area contributed by atoms with Crippen molar-refractivity contribution in [3.05, 3.63) is 23.9 Å². The monoisotopic (exact) mass is 252 g/mol. The van der Waals surface area contributed by atoms with Gasteiger partial charge in [-0.2, -0.15) is 5.10 Å². The number of nitrogens with zero attached hydrogens (tertiary/aromatic N) is 1. The molecule has 17 heavy (non-hydrogen) atoms. The van der Waals surface area contributed by atoms with Crippen LogP contribution in [0, 0.1) is 0 Å². The van der Waals surface area contributed by atoms with Crippen LogP contribution in [-0.2, 0) is 4.79 Å². The van der Waals surface area contributed by atoms with Crippen LogP contribution in [0.4, 0.5) is 5.69 Å². The van der Waals surface area contributed by atoms with E-state index in [1.165, 1.54) is 0 Å². The van der Waals surface area contributed by atoms with E-state index in [0.717, 1.165) is 0 Å². The molecule has 0 fully saturated rings. The summed E-state index contributed by atoms with van der Waals surface area (Å²) in [5, 5.41) is 9.61. The van der Waals surface area contributed by atoms with Crippen molar-refractivity contribution >= 4 is 40.0 Å². The third-order valence-corrected chi connectivity index (χ3v) is 2.44. The lowest BCUT2D eigenvalue weighted by Gasteiger charge is -2.02. The van der Waals surface area contributed by atoms with Crippen LogP contribution in [0.3, 0.4) is 0 Å². The second kappa shape index (κ2) is 4.42. The molecule has 0 atom stereocenters. The summed E-state index contributed by atoms with van der Waals surface area (Å²) >= 11 is 5.38. The van der Waals surface area contributed by atoms with Gasteiger partial charge in [0.2, 0.25) is 5.91 Å². The maximum absolute atomic E-state index is 11.1. The number of H-pyrrole nitrogens is 1. The molecule has 0 aliphatic carbocycles. The van der Waals surface area contributed by atoms with Gasteiger partial charge in [0.05, 0.1) is 5.52 Å². The summed E-state index contributed by atoms with van der Waals surface area (Å²) in [4.78, 5) is 22.2. The molecule has 4 N–H and O–H groups in total. The fourth-order valence-electron chi connectivity index (χ4n) is 1.47. The van der Waals surface area contributed by atoms with Gasteiger partial charge in [0.15, 0.2) is 5.69 Å². The van der Waals surface area contributed by atoms with E-state index in [4.69, 9.17) is 17.3 Å². The van der Waals surface area contributed by atoms with Crippen molar-refractivity contribution in [1.29, 1.82) is 0 Å². The van der Waals surface area contributed by atoms with E-state index in [0.29, 0.717) is 16.6 Å². The molecule has 0 spiro atoms.